The minimum atomic E-state index is -0.784. The maximum Gasteiger partial charge on any atom is 0.232 e. The number of hydrogen-bond acceptors (Lipinski definition) is 5. The molecule has 6 nitrogen and oxygen atoms in total. The lowest BCUT2D eigenvalue weighted by atomic mass is 10.1. The first kappa shape index (κ1) is 17.1. The number of methoxy groups -OCH3 is 1. The third kappa shape index (κ3) is 3.25. The van der Waals surface area contributed by atoms with E-state index in [1.165, 1.54) is 11.0 Å². The van der Waals surface area contributed by atoms with Crippen molar-refractivity contribution in [1.82, 2.24) is 10.1 Å². The molecule has 2 heterocycles. The summed E-state index contributed by atoms with van der Waals surface area (Å²) in [5, 5.41) is 3.96. The van der Waals surface area contributed by atoms with E-state index in [-0.39, 0.29) is 30.5 Å². The number of amides is 1. The summed E-state index contributed by atoms with van der Waals surface area (Å²) in [6, 6.07) is 10.3. The standard InChI is InChI=1S/C19H15F2N3O3/c1-26-14-5-2-11(3-6-14)18-22-19(27-23-18)12-8-17(25)24(10-12)16-7-4-13(20)9-15(16)21/h2-7,9,12H,8,10H2,1H3. The average Bonchev–Trinajstić information content (AvgIpc) is 3.29. The Hall–Kier alpha value is -3.29. The van der Waals surface area contributed by atoms with Crippen LogP contribution in [0.4, 0.5) is 14.5 Å². The summed E-state index contributed by atoms with van der Waals surface area (Å²) in [5.74, 6) is -0.711. The van der Waals surface area contributed by atoms with Crippen molar-refractivity contribution in [2.45, 2.75) is 12.3 Å². The van der Waals surface area contributed by atoms with Gasteiger partial charge in [-0.25, -0.2) is 8.78 Å². The highest BCUT2D eigenvalue weighted by molar-refractivity contribution is 5.96. The predicted molar refractivity (Wildman–Crippen MR) is 92.4 cm³/mol. The van der Waals surface area contributed by atoms with E-state index in [1.54, 1.807) is 31.4 Å². The number of hydrogen-bond donors (Lipinski definition) is 0. The van der Waals surface area contributed by atoms with Crippen molar-refractivity contribution >= 4 is 11.6 Å². The lowest BCUT2D eigenvalue weighted by Gasteiger charge is -2.16. The van der Waals surface area contributed by atoms with Crippen molar-refractivity contribution in [1.29, 1.82) is 0 Å². The molecule has 1 aromatic heterocycles. The van der Waals surface area contributed by atoms with Gasteiger partial charge in [0.2, 0.25) is 17.6 Å². The van der Waals surface area contributed by atoms with Crippen LogP contribution in [0.1, 0.15) is 18.2 Å². The predicted octanol–water partition coefficient (Wildman–Crippen LogP) is 3.54. The summed E-state index contributed by atoms with van der Waals surface area (Å²) in [5.41, 5.74) is 0.787. The van der Waals surface area contributed by atoms with Crippen molar-refractivity contribution in [2.24, 2.45) is 0 Å². The molecule has 4 rings (SSSR count). The first-order valence-electron chi connectivity index (χ1n) is 8.28. The van der Waals surface area contributed by atoms with Crippen LogP contribution in [-0.4, -0.2) is 29.7 Å². The number of rotatable bonds is 4. The second kappa shape index (κ2) is 6.79. The third-order valence-corrected chi connectivity index (χ3v) is 4.46. The summed E-state index contributed by atoms with van der Waals surface area (Å²) in [4.78, 5) is 17.9. The van der Waals surface area contributed by atoms with Gasteiger partial charge in [-0.15, -0.1) is 0 Å². The van der Waals surface area contributed by atoms with Crippen LogP contribution < -0.4 is 9.64 Å². The van der Waals surface area contributed by atoms with Gasteiger partial charge in [-0.2, -0.15) is 4.98 Å². The lowest BCUT2D eigenvalue weighted by Crippen LogP contribution is -2.25. The molecule has 1 fully saturated rings. The SMILES string of the molecule is COc1ccc(-c2noc(C3CC(=O)N(c4ccc(F)cc4F)C3)n2)cc1. The number of benzene rings is 2. The molecule has 0 bridgehead atoms. The molecule has 1 aliphatic rings. The van der Waals surface area contributed by atoms with Crippen LogP contribution in [-0.2, 0) is 4.79 Å². The monoisotopic (exact) mass is 371 g/mol. The van der Waals surface area contributed by atoms with E-state index < -0.39 is 11.6 Å². The molecular weight excluding hydrogens is 356 g/mol. The number of halogens is 2. The Kier molecular flexibility index (Phi) is 4.31. The molecule has 1 saturated heterocycles. The van der Waals surface area contributed by atoms with Gasteiger partial charge in [0.05, 0.1) is 18.7 Å². The highest BCUT2D eigenvalue weighted by atomic mass is 19.1. The van der Waals surface area contributed by atoms with E-state index in [0.717, 1.165) is 17.7 Å². The number of anilines is 1. The molecule has 1 atom stereocenters. The minimum absolute atomic E-state index is 0.0405. The molecule has 27 heavy (non-hydrogen) atoms. The second-order valence-corrected chi connectivity index (χ2v) is 6.19. The van der Waals surface area contributed by atoms with Crippen LogP contribution in [0.25, 0.3) is 11.4 Å². The smallest absolute Gasteiger partial charge is 0.232 e. The third-order valence-electron chi connectivity index (χ3n) is 4.46. The molecule has 1 aliphatic heterocycles. The Morgan fingerprint density at radius 3 is 2.67 bits per heavy atom. The Morgan fingerprint density at radius 2 is 1.96 bits per heavy atom. The zero-order valence-corrected chi connectivity index (χ0v) is 14.4. The molecule has 2 aromatic carbocycles. The van der Waals surface area contributed by atoms with Crippen LogP contribution in [0, 0.1) is 11.6 Å². The summed E-state index contributed by atoms with van der Waals surface area (Å²) >= 11 is 0. The Labute approximate surface area is 153 Å². The normalized spacial score (nSPS) is 16.8. The van der Waals surface area contributed by atoms with Gasteiger partial charge in [0.1, 0.15) is 17.4 Å². The number of carbonyl (C=O) groups is 1. The summed E-state index contributed by atoms with van der Waals surface area (Å²) in [6.07, 6.45) is 0.112. The van der Waals surface area contributed by atoms with Crippen molar-refractivity contribution in [2.75, 3.05) is 18.6 Å². The second-order valence-electron chi connectivity index (χ2n) is 6.19. The summed E-state index contributed by atoms with van der Waals surface area (Å²) in [6.45, 7) is 0.186. The van der Waals surface area contributed by atoms with Gasteiger partial charge in [0.15, 0.2) is 0 Å². The molecule has 0 N–H and O–H groups in total. The van der Waals surface area contributed by atoms with E-state index in [1.807, 2.05) is 0 Å². The summed E-state index contributed by atoms with van der Waals surface area (Å²) < 4.78 is 37.5. The first-order chi connectivity index (χ1) is 13.0. The van der Waals surface area contributed by atoms with Crippen molar-refractivity contribution < 1.29 is 22.8 Å². The van der Waals surface area contributed by atoms with Crippen LogP contribution >= 0.6 is 0 Å². The fourth-order valence-corrected chi connectivity index (χ4v) is 3.06. The van der Waals surface area contributed by atoms with E-state index >= 15 is 0 Å². The summed E-state index contributed by atoms with van der Waals surface area (Å²) in [7, 11) is 1.58. The van der Waals surface area contributed by atoms with Gasteiger partial charge in [-0.1, -0.05) is 5.16 Å². The first-order valence-corrected chi connectivity index (χ1v) is 8.28. The molecule has 8 heteroatoms. The van der Waals surface area contributed by atoms with Gasteiger partial charge < -0.3 is 14.2 Å². The highest BCUT2D eigenvalue weighted by Crippen LogP contribution is 2.33. The van der Waals surface area contributed by atoms with E-state index in [4.69, 9.17) is 9.26 Å². The van der Waals surface area contributed by atoms with Gasteiger partial charge in [-0.3, -0.25) is 4.79 Å². The zero-order chi connectivity index (χ0) is 19.0. The van der Waals surface area contributed by atoms with Gasteiger partial charge in [0, 0.05) is 24.6 Å². The molecule has 138 valence electrons. The molecule has 0 radical (unpaired) electrons. The number of aromatic nitrogens is 2. The van der Waals surface area contributed by atoms with Crippen LogP contribution in [0.2, 0.25) is 0 Å². The Morgan fingerprint density at radius 1 is 1.19 bits per heavy atom. The topological polar surface area (TPSA) is 68.5 Å². The Bertz CT molecular complexity index is 988. The number of carbonyl (C=O) groups excluding carboxylic acids is 1. The Balaban J connectivity index is 1.54. The molecule has 0 spiro atoms. The van der Waals surface area contributed by atoms with Crippen LogP contribution in [0.15, 0.2) is 47.0 Å². The molecule has 1 unspecified atom stereocenters. The maximum absolute atomic E-state index is 14.0. The fraction of sp³-hybridized carbons (Fsp3) is 0.211. The molecule has 3 aromatic rings. The minimum Gasteiger partial charge on any atom is -0.497 e. The molecular formula is C19H15F2N3O3. The average molecular weight is 371 g/mol. The van der Waals surface area contributed by atoms with Crippen LogP contribution in [0.3, 0.4) is 0 Å². The van der Waals surface area contributed by atoms with Crippen LogP contribution in [0.5, 0.6) is 5.75 Å². The number of ether oxygens (including phenoxy) is 1. The van der Waals surface area contributed by atoms with E-state index in [9.17, 15) is 13.6 Å². The molecule has 0 saturated carbocycles. The maximum atomic E-state index is 14.0. The molecule has 1 amide bonds. The van der Waals surface area contributed by atoms with E-state index in [0.29, 0.717) is 17.5 Å². The molecule has 0 aliphatic carbocycles. The zero-order valence-electron chi connectivity index (χ0n) is 14.4. The number of nitrogens with zero attached hydrogens (tertiary/aromatic N) is 3. The van der Waals surface area contributed by atoms with E-state index in [2.05, 4.69) is 10.1 Å². The van der Waals surface area contributed by atoms with Crippen molar-refractivity contribution in [3.05, 3.63) is 60.0 Å². The van der Waals surface area contributed by atoms with Crippen molar-refractivity contribution in [3.8, 4) is 17.1 Å². The fourth-order valence-electron chi connectivity index (χ4n) is 3.06. The van der Waals surface area contributed by atoms with Gasteiger partial charge >= 0.3 is 0 Å². The van der Waals surface area contributed by atoms with Gasteiger partial charge in [0.25, 0.3) is 0 Å². The van der Waals surface area contributed by atoms with Crippen molar-refractivity contribution in [3.63, 3.8) is 0 Å². The highest BCUT2D eigenvalue weighted by Gasteiger charge is 2.36. The largest absolute Gasteiger partial charge is 0.497 e. The quantitative estimate of drug-likeness (QED) is 0.702. The van der Waals surface area contributed by atoms with Gasteiger partial charge in [-0.05, 0) is 36.4 Å². The lowest BCUT2D eigenvalue weighted by molar-refractivity contribution is -0.117.